The minimum Gasteiger partial charge on any atom is -0.469 e. The van der Waals surface area contributed by atoms with Gasteiger partial charge in [0.1, 0.15) is 6.04 Å². The highest BCUT2D eigenvalue weighted by Gasteiger charge is 2.34. The molecule has 3 aromatic rings. The predicted molar refractivity (Wildman–Crippen MR) is 131 cm³/mol. The average molecular weight is 479 g/mol. The summed E-state index contributed by atoms with van der Waals surface area (Å²) in [5.41, 5.74) is 4.83. The molecule has 0 radical (unpaired) electrons. The Morgan fingerprint density at radius 1 is 1.15 bits per heavy atom. The van der Waals surface area contributed by atoms with Crippen molar-refractivity contribution in [2.24, 2.45) is 0 Å². The van der Waals surface area contributed by atoms with Crippen LogP contribution in [0, 0.1) is 13.8 Å². The molecule has 0 saturated carbocycles. The number of anilines is 2. The van der Waals surface area contributed by atoms with Gasteiger partial charge in [0.05, 0.1) is 31.0 Å². The second-order valence-corrected chi connectivity index (χ2v) is 9.08. The molecule has 0 bridgehead atoms. The molecule has 1 amide bonds. The first-order chi connectivity index (χ1) is 16.4. The number of carbonyl (C=O) groups excluding carboxylic acids is 2. The van der Waals surface area contributed by atoms with Gasteiger partial charge in [-0.05, 0) is 38.0 Å². The number of hydrogen-bond donors (Lipinski definition) is 2. The van der Waals surface area contributed by atoms with Gasteiger partial charge < -0.3 is 15.4 Å². The Morgan fingerprint density at radius 3 is 2.62 bits per heavy atom. The van der Waals surface area contributed by atoms with Gasteiger partial charge in [-0.2, -0.15) is 4.98 Å². The lowest BCUT2D eigenvalue weighted by Crippen LogP contribution is -2.31. The molecule has 1 aliphatic heterocycles. The van der Waals surface area contributed by atoms with Gasteiger partial charge in [-0.1, -0.05) is 41.6 Å². The van der Waals surface area contributed by atoms with Gasteiger partial charge in [-0.15, -0.1) is 5.10 Å². The molecule has 0 spiro atoms. The number of methoxy groups -OCH3 is 1. The van der Waals surface area contributed by atoms with Crippen LogP contribution in [0.3, 0.4) is 0 Å². The predicted octanol–water partition coefficient (Wildman–Crippen LogP) is 3.87. The maximum atomic E-state index is 13.5. The fraction of sp³-hybridized carbons (Fsp3) is 0.292. The van der Waals surface area contributed by atoms with Gasteiger partial charge in [-0.3, -0.25) is 14.6 Å². The molecule has 1 atom stereocenters. The van der Waals surface area contributed by atoms with Crippen LogP contribution in [0.5, 0.6) is 0 Å². The lowest BCUT2D eigenvalue weighted by molar-refractivity contribution is -0.140. The fourth-order valence-corrected chi connectivity index (χ4v) is 4.44. The van der Waals surface area contributed by atoms with E-state index in [1.54, 1.807) is 17.1 Å². The number of thioether (sulfide) groups is 1. The molecule has 9 nitrogen and oxygen atoms in total. The van der Waals surface area contributed by atoms with Crippen molar-refractivity contribution in [1.29, 1.82) is 0 Å². The summed E-state index contributed by atoms with van der Waals surface area (Å²) in [6, 6.07) is 9.40. The Balaban J connectivity index is 1.68. The van der Waals surface area contributed by atoms with E-state index in [1.807, 2.05) is 51.1 Å². The summed E-state index contributed by atoms with van der Waals surface area (Å²) >= 11 is 1.36. The minimum atomic E-state index is -0.475. The maximum Gasteiger partial charge on any atom is 0.306 e. The molecular weight excluding hydrogens is 452 g/mol. The maximum absolute atomic E-state index is 13.5. The van der Waals surface area contributed by atoms with Crippen LogP contribution in [-0.4, -0.2) is 44.5 Å². The minimum absolute atomic E-state index is 0.246. The number of esters is 1. The lowest BCUT2D eigenvalue weighted by Gasteiger charge is -2.28. The monoisotopic (exact) mass is 478 g/mol. The summed E-state index contributed by atoms with van der Waals surface area (Å²) in [4.78, 5) is 33.7. The molecule has 1 unspecified atom stereocenters. The quantitative estimate of drug-likeness (QED) is 0.389. The van der Waals surface area contributed by atoms with Crippen LogP contribution in [0.4, 0.5) is 11.6 Å². The zero-order valence-corrected chi connectivity index (χ0v) is 20.3. The van der Waals surface area contributed by atoms with Crippen molar-refractivity contribution < 1.29 is 14.3 Å². The van der Waals surface area contributed by atoms with Crippen molar-refractivity contribution in [3.63, 3.8) is 0 Å². The average Bonchev–Trinajstić information content (AvgIpc) is 3.20. The van der Waals surface area contributed by atoms with Crippen LogP contribution in [0.2, 0.25) is 0 Å². The highest BCUT2D eigenvalue weighted by molar-refractivity contribution is 7.99. The molecule has 2 aromatic heterocycles. The van der Waals surface area contributed by atoms with Crippen molar-refractivity contribution in [3.8, 4) is 0 Å². The van der Waals surface area contributed by atoms with Crippen molar-refractivity contribution in [2.45, 2.75) is 38.4 Å². The Morgan fingerprint density at radius 2 is 1.91 bits per heavy atom. The summed E-state index contributed by atoms with van der Waals surface area (Å²) in [6.45, 7) is 5.79. The summed E-state index contributed by atoms with van der Waals surface area (Å²) in [5.74, 6) is 0.501. The topological polar surface area (TPSA) is 111 Å². The molecule has 0 saturated heterocycles. The molecule has 34 heavy (non-hydrogen) atoms. The van der Waals surface area contributed by atoms with E-state index in [1.165, 1.54) is 18.9 Å². The van der Waals surface area contributed by atoms with Crippen LogP contribution in [0.25, 0.3) is 0 Å². The number of ether oxygens (including phenoxy) is 1. The Labute approximate surface area is 202 Å². The number of amides is 1. The van der Waals surface area contributed by atoms with E-state index in [9.17, 15) is 9.59 Å². The van der Waals surface area contributed by atoms with E-state index in [2.05, 4.69) is 25.7 Å². The van der Waals surface area contributed by atoms with Crippen molar-refractivity contribution >= 4 is 35.3 Å². The molecule has 0 fully saturated rings. The Kier molecular flexibility index (Phi) is 6.97. The number of hydrogen-bond acceptors (Lipinski definition) is 8. The molecular formula is C24H26N6O3S. The van der Waals surface area contributed by atoms with Gasteiger partial charge in [0.25, 0.3) is 5.91 Å². The molecule has 3 heterocycles. The van der Waals surface area contributed by atoms with Crippen LogP contribution in [0.15, 0.2) is 59.2 Å². The van der Waals surface area contributed by atoms with Crippen molar-refractivity contribution in [3.05, 3.63) is 70.7 Å². The smallest absolute Gasteiger partial charge is 0.306 e. The molecule has 1 aliphatic rings. The van der Waals surface area contributed by atoms with Crippen LogP contribution in [-0.2, 0) is 14.3 Å². The van der Waals surface area contributed by atoms with E-state index < -0.39 is 6.04 Å². The van der Waals surface area contributed by atoms with Gasteiger partial charge in [0.15, 0.2) is 0 Å². The highest BCUT2D eigenvalue weighted by Crippen LogP contribution is 2.36. The first kappa shape index (κ1) is 23.5. The molecule has 0 aliphatic carbocycles. The third kappa shape index (κ3) is 5.12. The summed E-state index contributed by atoms with van der Waals surface area (Å²) in [5, 5.41) is 11.4. The standard InChI is InChI=1S/C24H26N6O3S/c1-14-5-7-17(8-6-14)21-20(22(32)27-18-11-15(2)12-25-13-18)16(3)26-23-28-24(29-30(21)23)34-10-9-19(31)33-4/h5-8,11-13,21H,9-10H2,1-4H3,(H,27,32)(H,26,28,29). The van der Waals surface area contributed by atoms with Crippen LogP contribution < -0.4 is 10.6 Å². The number of aromatic nitrogens is 4. The molecule has 2 N–H and O–H groups in total. The second kappa shape index (κ2) is 10.1. The van der Waals surface area contributed by atoms with E-state index in [0.29, 0.717) is 33.8 Å². The molecule has 176 valence electrons. The number of rotatable bonds is 7. The van der Waals surface area contributed by atoms with Gasteiger partial charge >= 0.3 is 5.97 Å². The summed E-state index contributed by atoms with van der Waals surface area (Å²) < 4.78 is 6.42. The third-order valence-corrected chi connectivity index (χ3v) is 6.21. The molecule has 1 aromatic carbocycles. The normalized spacial score (nSPS) is 14.9. The highest BCUT2D eigenvalue weighted by atomic mass is 32.2. The number of carbonyl (C=O) groups is 2. The SMILES string of the molecule is COC(=O)CCSc1nc2n(n1)C(c1ccc(C)cc1)C(C(=O)Nc1cncc(C)c1)=C(C)N2. The molecule has 10 heteroatoms. The number of nitrogens with zero attached hydrogens (tertiary/aromatic N) is 4. The van der Waals surface area contributed by atoms with E-state index in [0.717, 1.165) is 16.7 Å². The Hall–Kier alpha value is -3.66. The number of pyridine rings is 1. The number of aryl methyl sites for hydroxylation is 2. The van der Waals surface area contributed by atoms with Gasteiger partial charge in [0.2, 0.25) is 11.1 Å². The fourth-order valence-electron chi connectivity index (χ4n) is 3.69. The number of fused-ring (bicyclic) bond motifs is 1. The first-order valence-electron chi connectivity index (χ1n) is 10.8. The first-order valence-corrected chi connectivity index (χ1v) is 11.8. The number of benzene rings is 1. The number of allylic oxidation sites excluding steroid dienone is 1. The third-order valence-electron chi connectivity index (χ3n) is 5.37. The van der Waals surface area contributed by atoms with Crippen LogP contribution in [0.1, 0.15) is 36.1 Å². The van der Waals surface area contributed by atoms with Crippen molar-refractivity contribution in [1.82, 2.24) is 19.7 Å². The van der Waals surface area contributed by atoms with Gasteiger partial charge in [-0.25, -0.2) is 4.68 Å². The summed E-state index contributed by atoms with van der Waals surface area (Å²) in [6.07, 6.45) is 3.61. The summed E-state index contributed by atoms with van der Waals surface area (Å²) in [7, 11) is 1.37. The van der Waals surface area contributed by atoms with E-state index >= 15 is 0 Å². The van der Waals surface area contributed by atoms with E-state index in [4.69, 9.17) is 4.74 Å². The second-order valence-electron chi connectivity index (χ2n) is 8.02. The molecule has 4 rings (SSSR count). The largest absolute Gasteiger partial charge is 0.469 e. The Bertz CT molecular complexity index is 1250. The lowest BCUT2D eigenvalue weighted by atomic mass is 9.94. The van der Waals surface area contributed by atoms with E-state index in [-0.39, 0.29) is 18.3 Å². The van der Waals surface area contributed by atoms with Crippen LogP contribution >= 0.6 is 11.8 Å². The van der Waals surface area contributed by atoms with Crippen molar-refractivity contribution in [2.75, 3.05) is 23.5 Å². The zero-order chi connectivity index (χ0) is 24.2. The zero-order valence-electron chi connectivity index (χ0n) is 19.5. The number of nitrogens with one attached hydrogen (secondary N) is 2. The van der Waals surface area contributed by atoms with Gasteiger partial charge in [0, 0.05) is 17.6 Å².